The van der Waals surface area contributed by atoms with Gasteiger partial charge in [0.2, 0.25) is 0 Å². The third-order valence-electron chi connectivity index (χ3n) is 4.04. The molecule has 92 valence electrons. The normalized spacial score (nSPS) is 26.7. The summed E-state index contributed by atoms with van der Waals surface area (Å²) >= 11 is 0. The molecular formula is C13H18N2O2. The number of carbonyl (C=O) groups excluding carboxylic acids is 1. The first-order chi connectivity index (χ1) is 8.30. The van der Waals surface area contributed by atoms with Gasteiger partial charge in [-0.05, 0) is 25.7 Å². The van der Waals surface area contributed by atoms with E-state index in [1.54, 1.807) is 12.5 Å². The minimum absolute atomic E-state index is 0.193. The van der Waals surface area contributed by atoms with Crippen molar-refractivity contribution in [2.24, 2.45) is 0 Å². The van der Waals surface area contributed by atoms with Gasteiger partial charge in [-0.2, -0.15) is 0 Å². The smallest absolute Gasteiger partial charge is 0.169 e. The maximum absolute atomic E-state index is 10.6. The van der Waals surface area contributed by atoms with Crippen LogP contribution >= 0.6 is 0 Å². The van der Waals surface area contributed by atoms with Crippen LogP contribution in [0, 0.1) is 0 Å². The van der Waals surface area contributed by atoms with Gasteiger partial charge in [-0.3, -0.25) is 4.79 Å². The Morgan fingerprint density at radius 2 is 2.29 bits per heavy atom. The van der Waals surface area contributed by atoms with Gasteiger partial charge in [0.05, 0.1) is 18.0 Å². The lowest BCUT2D eigenvalue weighted by molar-refractivity contribution is -0.0418. The van der Waals surface area contributed by atoms with E-state index in [0.29, 0.717) is 11.8 Å². The van der Waals surface area contributed by atoms with Crippen molar-refractivity contribution >= 4 is 6.29 Å². The van der Waals surface area contributed by atoms with Crippen molar-refractivity contribution < 1.29 is 9.53 Å². The van der Waals surface area contributed by atoms with Crippen molar-refractivity contribution in [2.45, 2.75) is 56.8 Å². The molecule has 0 aromatic carbocycles. The highest BCUT2D eigenvalue weighted by molar-refractivity contribution is 5.70. The van der Waals surface area contributed by atoms with Crippen molar-refractivity contribution in [1.29, 1.82) is 0 Å². The Bertz CT molecular complexity index is 407. The van der Waals surface area contributed by atoms with Crippen LogP contribution in [0.2, 0.25) is 0 Å². The molecule has 0 N–H and O–H groups in total. The van der Waals surface area contributed by atoms with Crippen LogP contribution < -0.4 is 0 Å². The first-order valence-corrected chi connectivity index (χ1v) is 6.44. The molecule has 0 bridgehead atoms. The van der Waals surface area contributed by atoms with Gasteiger partial charge < -0.3 is 9.30 Å². The first-order valence-electron chi connectivity index (χ1n) is 6.44. The maximum atomic E-state index is 10.6. The van der Waals surface area contributed by atoms with Gasteiger partial charge in [-0.25, -0.2) is 4.98 Å². The number of hydrogen-bond acceptors (Lipinski definition) is 3. The maximum Gasteiger partial charge on any atom is 0.169 e. The molecular weight excluding hydrogens is 216 g/mol. The van der Waals surface area contributed by atoms with Gasteiger partial charge in [0.1, 0.15) is 5.69 Å². The lowest BCUT2D eigenvalue weighted by Gasteiger charge is -2.23. The van der Waals surface area contributed by atoms with E-state index in [4.69, 9.17) is 4.74 Å². The fraction of sp³-hybridized carbons (Fsp3) is 0.692. The van der Waals surface area contributed by atoms with Gasteiger partial charge in [-0.15, -0.1) is 0 Å². The van der Waals surface area contributed by atoms with Gasteiger partial charge in [0, 0.05) is 12.7 Å². The Morgan fingerprint density at radius 1 is 1.47 bits per heavy atom. The van der Waals surface area contributed by atoms with Crippen LogP contribution in [0.3, 0.4) is 0 Å². The van der Waals surface area contributed by atoms with Crippen molar-refractivity contribution in [2.75, 3.05) is 0 Å². The highest BCUT2D eigenvalue weighted by Crippen LogP contribution is 2.43. The number of aromatic nitrogens is 2. The fourth-order valence-corrected chi connectivity index (χ4v) is 3.18. The molecule has 1 spiro atoms. The van der Waals surface area contributed by atoms with E-state index in [1.807, 2.05) is 4.57 Å². The molecule has 2 aliphatic rings. The van der Waals surface area contributed by atoms with Crippen LogP contribution in [0.25, 0.3) is 0 Å². The summed E-state index contributed by atoms with van der Waals surface area (Å²) in [4.78, 5) is 14.6. The van der Waals surface area contributed by atoms with Gasteiger partial charge in [-0.1, -0.05) is 12.8 Å². The number of ether oxygens (including phenoxy) is 1. The molecule has 3 rings (SSSR count). The largest absolute Gasteiger partial charge is 0.370 e. The van der Waals surface area contributed by atoms with Crippen LogP contribution in [0.5, 0.6) is 0 Å². The Hall–Kier alpha value is -1.16. The minimum atomic E-state index is 0.193. The summed E-state index contributed by atoms with van der Waals surface area (Å²) in [7, 11) is 0. The molecule has 1 saturated heterocycles. The predicted octanol–water partition coefficient (Wildman–Crippen LogP) is 2.19. The molecule has 2 fully saturated rings. The Kier molecular flexibility index (Phi) is 2.74. The average molecular weight is 234 g/mol. The molecule has 1 unspecified atom stereocenters. The average Bonchev–Trinajstić information content (AvgIpc) is 3.03. The number of carbonyl (C=O) groups is 1. The number of rotatable bonds is 3. The molecule has 4 heteroatoms. The van der Waals surface area contributed by atoms with Crippen LogP contribution in [-0.2, 0) is 11.3 Å². The first kappa shape index (κ1) is 11.0. The number of nitrogens with zero attached hydrogens (tertiary/aromatic N) is 2. The van der Waals surface area contributed by atoms with E-state index < -0.39 is 0 Å². The van der Waals surface area contributed by atoms with E-state index in [1.165, 1.54) is 32.1 Å². The highest BCUT2D eigenvalue weighted by atomic mass is 16.5. The quantitative estimate of drug-likeness (QED) is 0.753. The lowest BCUT2D eigenvalue weighted by Crippen LogP contribution is -2.26. The molecule has 2 heterocycles. The molecule has 1 aromatic rings. The van der Waals surface area contributed by atoms with Crippen molar-refractivity contribution in [3.63, 3.8) is 0 Å². The zero-order chi connectivity index (χ0) is 11.7. The lowest BCUT2D eigenvalue weighted by atomic mass is 9.98. The van der Waals surface area contributed by atoms with Gasteiger partial charge in [0.15, 0.2) is 6.29 Å². The molecule has 1 aliphatic heterocycles. The summed E-state index contributed by atoms with van der Waals surface area (Å²) < 4.78 is 8.18. The molecule has 1 saturated carbocycles. The zero-order valence-corrected chi connectivity index (χ0v) is 9.97. The van der Waals surface area contributed by atoms with E-state index in [-0.39, 0.29) is 5.60 Å². The fourth-order valence-electron chi connectivity index (χ4n) is 3.18. The summed E-state index contributed by atoms with van der Waals surface area (Å²) in [5.41, 5.74) is 0.692. The predicted molar refractivity (Wildman–Crippen MR) is 62.9 cm³/mol. The summed E-state index contributed by atoms with van der Waals surface area (Å²) in [6.07, 6.45) is 12.0. The Morgan fingerprint density at radius 3 is 3.00 bits per heavy atom. The monoisotopic (exact) mass is 234 g/mol. The van der Waals surface area contributed by atoms with Crippen LogP contribution in [0.4, 0.5) is 0 Å². The van der Waals surface area contributed by atoms with Crippen molar-refractivity contribution in [1.82, 2.24) is 9.55 Å². The second-order valence-electron chi connectivity index (χ2n) is 5.28. The van der Waals surface area contributed by atoms with Gasteiger partial charge in [0.25, 0.3) is 0 Å². The van der Waals surface area contributed by atoms with Crippen LogP contribution in [0.15, 0.2) is 12.5 Å². The molecule has 4 nitrogen and oxygen atoms in total. The highest BCUT2D eigenvalue weighted by Gasteiger charge is 2.42. The number of imidazole rings is 1. The molecule has 0 amide bonds. The third kappa shape index (κ3) is 2.14. The molecule has 17 heavy (non-hydrogen) atoms. The Balaban J connectivity index is 1.61. The molecule has 1 atom stereocenters. The summed E-state index contributed by atoms with van der Waals surface area (Å²) in [5.74, 6) is 0. The summed E-state index contributed by atoms with van der Waals surface area (Å²) in [5, 5.41) is 0. The zero-order valence-electron chi connectivity index (χ0n) is 9.97. The van der Waals surface area contributed by atoms with E-state index >= 15 is 0 Å². The summed E-state index contributed by atoms with van der Waals surface area (Å²) in [6.45, 7) is 0.822. The topological polar surface area (TPSA) is 44.1 Å². The third-order valence-corrected chi connectivity index (χ3v) is 4.04. The van der Waals surface area contributed by atoms with Crippen molar-refractivity contribution in [3.8, 4) is 0 Å². The molecule has 1 aromatic heterocycles. The Labute approximate surface area is 101 Å². The molecule has 0 radical (unpaired) electrons. The van der Waals surface area contributed by atoms with Gasteiger partial charge >= 0.3 is 0 Å². The second-order valence-corrected chi connectivity index (χ2v) is 5.28. The number of aldehydes is 1. The standard InChI is InChI=1S/C13H18N2O2/c16-9-11-7-15(10-14-11)8-12-3-6-13(17-12)4-1-2-5-13/h7,9-10,12H,1-6,8H2. The number of hydrogen-bond donors (Lipinski definition) is 0. The summed E-state index contributed by atoms with van der Waals surface area (Å²) in [6, 6.07) is 0. The van der Waals surface area contributed by atoms with Crippen LogP contribution in [0.1, 0.15) is 49.0 Å². The van der Waals surface area contributed by atoms with E-state index in [0.717, 1.165) is 19.3 Å². The van der Waals surface area contributed by atoms with E-state index in [9.17, 15) is 4.79 Å². The minimum Gasteiger partial charge on any atom is -0.370 e. The molecule has 1 aliphatic carbocycles. The van der Waals surface area contributed by atoms with E-state index in [2.05, 4.69) is 4.98 Å². The van der Waals surface area contributed by atoms with Crippen molar-refractivity contribution in [3.05, 3.63) is 18.2 Å². The second kappa shape index (κ2) is 4.26. The van der Waals surface area contributed by atoms with Crippen LogP contribution in [-0.4, -0.2) is 27.5 Å². The SMILES string of the molecule is O=Cc1cn(CC2CCC3(CCCC3)O2)cn1.